The molecule has 0 saturated carbocycles. The average molecular weight is 547 g/mol. The summed E-state index contributed by atoms with van der Waals surface area (Å²) in [5.41, 5.74) is 3.23. The minimum absolute atomic E-state index is 0.279. The summed E-state index contributed by atoms with van der Waals surface area (Å²) in [6, 6.07) is 7.79. The monoisotopic (exact) mass is 545 g/mol. The molecular formula is C20H18BrCl2N3O6. The van der Waals surface area contributed by atoms with Crippen molar-refractivity contribution in [2.24, 2.45) is 5.10 Å². The van der Waals surface area contributed by atoms with Crippen molar-refractivity contribution in [1.29, 1.82) is 0 Å². The Morgan fingerprint density at radius 1 is 1.09 bits per heavy atom. The second-order valence-electron chi connectivity index (χ2n) is 6.05. The second kappa shape index (κ2) is 12.3. The van der Waals surface area contributed by atoms with Gasteiger partial charge in [0.15, 0.2) is 18.1 Å². The highest BCUT2D eigenvalue weighted by Crippen LogP contribution is 2.36. The number of nitrogens with zero attached hydrogens (tertiary/aromatic N) is 1. The highest BCUT2D eigenvalue weighted by molar-refractivity contribution is 9.10. The van der Waals surface area contributed by atoms with Gasteiger partial charge in [-0.05, 0) is 51.8 Å². The molecule has 0 heterocycles. The summed E-state index contributed by atoms with van der Waals surface area (Å²) < 4.78 is 15.7. The highest BCUT2D eigenvalue weighted by Gasteiger charge is 2.14. The van der Waals surface area contributed by atoms with Crippen molar-refractivity contribution >= 4 is 68.8 Å². The third-order valence-corrected chi connectivity index (χ3v) is 5.07. The van der Waals surface area contributed by atoms with Crippen LogP contribution in [0, 0.1) is 0 Å². The summed E-state index contributed by atoms with van der Waals surface area (Å²) in [5, 5.41) is 6.99. The molecule has 0 radical (unpaired) electrons. The van der Waals surface area contributed by atoms with Gasteiger partial charge in [0.1, 0.15) is 6.42 Å². The molecule has 2 amide bonds. The number of nitrogens with one attached hydrogen (secondary N) is 2. The third-order valence-electron chi connectivity index (χ3n) is 3.74. The van der Waals surface area contributed by atoms with E-state index >= 15 is 0 Å². The molecular weight excluding hydrogens is 529 g/mol. The van der Waals surface area contributed by atoms with Crippen molar-refractivity contribution in [2.45, 2.75) is 6.42 Å². The number of ether oxygens (including phenoxy) is 3. The van der Waals surface area contributed by atoms with Crippen molar-refractivity contribution in [2.75, 3.05) is 26.1 Å². The first-order valence-electron chi connectivity index (χ1n) is 8.87. The van der Waals surface area contributed by atoms with Crippen LogP contribution in [0.2, 0.25) is 10.0 Å². The number of carbonyl (C=O) groups is 3. The number of carbonyl (C=O) groups excluding carboxylic acids is 3. The van der Waals surface area contributed by atoms with Crippen LogP contribution in [0.1, 0.15) is 12.0 Å². The molecule has 32 heavy (non-hydrogen) atoms. The van der Waals surface area contributed by atoms with Gasteiger partial charge in [0.25, 0.3) is 0 Å². The van der Waals surface area contributed by atoms with Gasteiger partial charge in [-0.2, -0.15) is 5.10 Å². The summed E-state index contributed by atoms with van der Waals surface area (Å²) in [6.07, 6.45) is 0.900. The lowest BCUT2D eigenvalue weighted by Crippen LogP contribution is -2.24. The quantitative estimate of drug-likeness (QED) is 0.214. The Kier molecular flexibility index (Phi) is 9.76. The van der Waals surface area contributed by atoms with Gasteiger partial charge in [0.2, 0.25) is 11.8 Å². The molecule has 0 fully saturated rings. The third kappa shape index (κ3) is 7.70. The zero-order valence-electron chi connectivity index (χ0n) is 16.9. The number of esters is 1. The zero-order valence-corrected chi connectivity index (χ0v) is 20.0. The highest BCUT2D eigenvalue weighted by atomic mass is 79.9. The molecule has 9 nitrogen and oxygen atoms in total. The Bertz CT molecular complexity index is 1050. The van der Waals surface area contributed by atoms with Crippen molar-refractivity contribution in [3.05, 3.63) is 50.4 Å². The first kappa shape index (κ1) is 25.4. The Labute approximate surface area is 202 Å². The number of anilines is 1. The number of methoxy groups -OCH3 is 2. The minimum atomic E-state index is -0.622. The molecule has 0 aliphatic carbocycles. The van der Waals surface area contributed by atoms with Crippen LogP contribution < -0.4 is 20.2 Å². The molecule has 0 saturated heterocycles. The molecule has 0 bridgehead atoms. The first-order valence-corrected chi connectivity index (χ1v) is 10.4. The predicted molar refractivity (Wildman–Crippen MR) is 124 cm³/mol. The van der Waals surface area contributed by atoms with Gasteiger partial charge in [-0.3, -0.25) is 9.59 Å². The van der Waals surface area contributed by atoms with E-state index in [-0.39, 0.29) is 11.6 Å². The van der Waals surface area contributed by atoms with Gasteiger partial charge in [0.05, 0.1) is 35.0 Å². The van der Waals surface area contributed by atoms with E-state index in [9.17, 15) is 14.4 Å². The van der Waals surface area contributed by atoms with E-state index in [1.54, 1.807) is 18.2 Å². The number of hydrogen-bond donors (Lipinski definition) is 2. The van der Waals surface area contributed by atoms with Crippen LogP contribution in [0.5, 0.6) is 11.5 Å². The molecule has 0 unspecified atom stereocenters. The maximum atomic E-state index is 12.0. The van der Waals surface area contributed by atoms with E-state index in [2.05, 4.69) is 36.5 Å². The summed E-state index contributed by atoms with van der Waals surface area (Å²) in [6.45, 7) is -0.292. The number of hydrazone groups is 1. The molecule has 0 aromatic heterocycles. The van der Waals surface area contributed by atoms with Crippen molar-refractivity contribution in [1.82, 2.24) is 5.43 Å². The molecule has 0 aliphatic rings. The predicted octanol–water partition coefficient (Wildman–Crippen LogP) is 3.80. The van der Waals surface area contributed by atoms with E-state index in [4.69, 9.17) is 32.7 Å². The van der Waals surface area contributed by atoms with Crippen molar-refractivity contribution in [3.63, 3.8) is 0 Å². The van der Waals surface area contributed by atoms with E-state index in [1.165, 1.54) is 32.6 Å². The Balaban J connectivity index is 1.94. The van der Waals surface area contributed by atoms with Crippen molar-refractivity contribution < 1.29 is 28.6 Å². The van der Waals surface area contributed by atoms with Crippen LogP contribution in [0.25, 0.3) is 0 Å². The molecule has 0 atom stereocenters. The molecule has 2 N–H and O–H groups in total. The zero-order chi connectivity index (χ0) is 23.7. The lowest BCUT2D eigenvalue weighted by Gasteiger charge is -2.12. The maximum Gasteiger partial charge on any atom is 0.343 e. The summed E-state index contributed by atoms with van der Waals surface area (Å²) in [4.78, 5) is 35.2. The lowest BCUT2D eigenvalue weighted by atomic mass is 10.2. The number of amides is 2. The standard InChI is InChI=1S/C20H18BrCl2N3O6/c1-30-16-6-11(5-13(21)20(16)32-10-19(29)31-2)9-24-26-18(28)8-17(27)25-12-3-4-14(22)15(23)7-12/h3-7,9H,8,10H2,1-2H3,(H,25,27)(H,26,28). The fourth-order valence-electron chi connectivity index (χ4n) is 2.29. The number of hydrogen-bond acceptors (Lipinski definition) is 7. The van der Waals surface area contributed by atoms with Gasteiger partial charge in [0, 0.05) is 5.69 Å². The molecule has 2 aromatic rings. The van der Waals surface area contributed by atoms with Crippen LogP contribution in [0.4, 0.5) is 5.69 Å². The topological polar surface area (TPSA) is 115 Å². The van der Waals surface area contributed by atoms with Gasteiger partial charge in [-0.15, -0.1) is 0 Å². The Morgan fingerprint density at radius 3 is 2.50 bits per heavy atom. The van der Waals surface area contributed by atoms with Crippen LogP contribution in [0.3, 0.4) is 0 Å². The van der Waals surface area contributed by atoms with Crippen LogP contribution in [-0.4, -0.2) is 44.8 Å². The van der Waals surface area contributed by atoms with E-state index in [0.717, 1.165) is 0 Å². The molecule has 0 aliphatic heterocycles. The lowest BCUT2D eigenvalue weighted by molar-refractivity contribution is -0.143. The normalized spacial score (nSPS) is 10.5. The second-order valence-corrected chi connectivity index (χ2v) is 7.71. The van der Waals surface area contributed by atoms with E-state index < -0.39 is 24.2 Å². The first-order chi connectivity index (χ1) is 15.2. The van der Waals surface area contributed by atoms with Crippen LogP contribution in [-0.2, 0) is 19.1 Å². The maximum absolute atomic E-state index is 12.0. The number of rotatable bonds is 9. The molecule has 0 spiro atoms. The van der Waals surface area contributed by atoms with Gasteiger partial charge < -0.3 is 19.5 Å². The summed E-state index contributed by atoms with van der Waals surface area (Å²) >= 11 is 15.0. The van der Waals surface area contributed by atoms with Gasteiger partial charge >= 0.3 is 5.97 Å². The largest absolute Gasteiger partial charge is 0.493 e. The molecule has 2 rings (SSSR count). The van der Waals surface area contributed by atoms with Gasteiger partial charge in [-0.25, -0.2) is 10.2 Å². The Hall–Kier alpha value is -2.82. The minimum Gasteiger partial charge on any atom is -0.493 e. The van der Waals surface area contributed by atoms with Crippen LogP contribution >= 0.6 is 39.1 Å². The number of halogens is 3. The van der Waals surface area contributed by atoms with Crippen molar-refractivity contribution in [3.8, 4) is 11.5 Å². The van der Waals surface area contributed by atoms with Crippen LogP contribution in [0.15, 0.2) is 39.9 Å². The SMILES string of the molecule is COC(=O)COc1c(Br)cc(C=NNC(=O)CC(=O)Nc2ccc(Cl)c(Cl)c2)cc1OC. The average Bonchev–Trinajstić information content (AvgIpc) is 2.74. The summed E-state index contributed by atoms with van der Waals surface area (Å²) in [5.74, 6) is -1.08. The smallest absolute Gasteiger partial charge is 0.343 e. The van der Waals surface area contributed by atoms with E-state index in [0.29, 0.717) is 32.2 Å². The van der Waals surface area contributed by atoms with E-state index in [1.807, 2.05) is 0 Å². The number of benzene rings is 2. The Morgan fingerprint density at radius 2 is 1.84 bits per heavy atom. The molecule has 2 aromatic carbocycles. The fourth-order valence-corrected chi connectivity index (χ4v) is 3.16. The van der Waals surface area contributed by atoms with Gasteiger partial charge in [-0.1, -0.05) is 23.2 Å². The fraction of sp³-hybridized carbons (Fsp3) is 0.200. The molecule has 170 valence electrons. The summed E-state index contributed by atoms with van der Waals surface area (Å²) in [7, 11) is 2.69. The molecule has 12 heteroatoms.